The van der Waals surface area contributed by atoms with Crippen molar-refractivity contribution < 1.29 is 4.79 Å². The molecule has 0 aliphatic carbocycles. The summed E-state index contributed by atoms with van der Waals surface area (Å²) in [7, 11) is 0. The molecule has 0 amide bonds. The van der Waals surface area contributed by atoms with Crippen LogP contribution >= 0.6 is 11.3 Å². The van der Waals surface area contributed by atoms with Crippen LogP contribution in [0.25, 0.3) is 10.1 Å². The fraction of sp³-hybridized carbons (Fsp3) is 0.100. The SMILES string of the molecule is Cc1cccc2sc(N=C=O)cc12. The third-order valence-corrected chi connectivity index (χ3v) is 2.92. The molecule has 13 heavy (non-hydrogen) atoms. The number of aliphatic imine (C=N–C) groups is 1. The van der Waals surface area contributed by atoms with Crippen LogP contribution in [0.4, 0.5) is 5.00 Å². The molecule has 1 aromatic carbocycles. The molecule has 0 radical (unpaired) electrons. The minimum atomic E-state index is 0.722. The number of carbonyl (C=O) groups excluding carboxylic acids is 1. The van der Waals surface area contributed by atoms with Crippen LogP contribution in [-0.4, -0.2) is 6.08 Å². The van der Waals surface area contributed by atoms with Gasteiger partial charge in [-0.2, -0.15) is 4.99 Å². The molecule has 0 atom stereocenters. The second kappa shape index (κ2) is 3.13. The maximum atomic E-state index is 10.1. The first-order valence-electron chi connectivity index (χ1n) is 3.88. The largest absolute Gasteiger partial charge is 0.241 e. The van der Waals surface area contributed by atoms with E-state index >= 15 is 0 Å². The van der Waals surface area contributed by atoms with Gasteiger partial charge in [-0.05, 0) is 30.0 Å². The van der Waals surface area contributed by atoms with Gasteiger partial charge in [-0.1, -0.05) is 12.1 Å². The Morgan fingerprint density at radius 2 is 2.31 bits per heavy atom. The zero-order chi connectivity index (χ0) is 9.26. The van der Waals surface area contributed by atoms with Crippen LogP contribution in [0.2, 0.25) is 0 Å². The van der Waals surface area contributed by atoms with Crippen molar-refractivity contribution in [1.82, 2.24) is 0 Å². The summed E-state index contributed by atoms with van der Waals surface area (Å²) in [6.45, 7) is 2.05. The van der Waals surface area contributed by atoms with Gasteiger partial charge in [0.05, 0.1) is 0 Å². The number of nitrogens with zero attached hydrogens (tertiary/aromatic N) is 1. The second-order valence-corrected chi connectivity index (χ2v) is 3.84. The lowest BCUT2D eigenvalue weighted by atomic mass is 10.1. The van der Waals surface area contributed by atoms with Gasteiger partial charge in [0.25, 0.3) is 0 Å². The Balaban J connectivity index is 2.75. The summed E-state index contributed by atoms with van der Waals surface area (Å²) in [5.74, 6) is 0. The van der Waals surface area contributed by atoms with E-state index in [1.165, 1.54) is 22.3 Å². The van der Waals surface area contributed by atoms with Crippen molar-refractivity contribution >= 4 is 32.5 Å². The minimum absolute atomic E-state index is 0.722. The molecule has 1 heterocycles. The molecule has 3 heteroatoms. The molecule has 64 valence electrons. The van der Waals surface area contributed by atoms with Gasteiger partial charge in [0.1, 0.15) is 5.00 Å². The number of isocyanates is 1. The van der Waals surface area contributed by atoms with E-state index in [1.807, 2.05) is 31.2 Å². The van der Waals surface area contributed by atoms with Gasteiger partial charge in [-0.3, -0.25) is 0 Å². The Kier molecular flexibility index (Phi) is 1.97. The molecule has 0 aliphatic rings. The van der Waals surface area contributed by atoms with Crippen LogP contribution in [0.5, 0.6) is 0 Å². The summed E-state index contributed by atoms with van der Waals surface area (Å²) in [5, 5.41) is 1.89. The van der Waals surface area contributed by atoms with Crippen molar-refractivity contribution in [1.29, 1.82) is 0 Å². The summed E-state index contributed by atoms with van der Waals surface area (Å²) in [6, 6.07) is 7.99. The summed E-state index contributed by atoms with van der Waals surface area (Å²) < 4.78 is 1.16. The number of aryl methyl sites for hydroxylation is 1. The van der Waals surface area contributed by atoms with Crippen molar-refractivity contribution in [3.63, 3.8) is 0 Å². The van der Waals surface area contributed by atoms with E-state index in [9.17, 15) is 4.79 Å². The van der Waals surface area contributed by atoms with Crippen molar-refractivity contribution in [3.8, 4) is 0 Å². The van der Waals surface area contributed by atoms with Gasteiger partial charge in [0.2, 0.25) is 6.08 Å². The van der Waals surface area contributed by atoms with Gasteiger partial charge in [-0.15, -0.1) is 11.3 Å². The zero-order valence-electron chi connectivity index (χ0n) is 7.07. The lowest BCUT2D eigenvalue weighted by molar-refractivity contribution is 0.565. The summed E-state index contributed by atoms with van der Waals surface area (Å²) >= 11 is 1.51. The number of hydrogen-bond acceptors (Lipinski definition) is 3. The van der Waals surface area contributed by atoms with Gasteiger partial charge >= 0.3 is 0 Å². The highest BCUT2D eigenvalue weighted by Gasteiger charge is 2.01. The number of rotatable bonds is 1. The molecule has 1 aromatic heterocycles. The first-order chi connectivity index (χ1) is 6.31. The first-order valence-corrected chi connectivity index (χ1v) is 4.70. The normalized spacial score (nSPS) is 9.92. The molecule has 0 aliphatic heterocycles. The Morgan fingerprint density at radius 3 is 3.00 bits per heavy atom. The predicted octanol–water partition coefficient (Wildman–Crippen LogP) is 3.18. The summed E-state index contributed by atoms with van der Waals surface area (Å²) in [4.78, 5) is 13.6. The number of hydrogen-bond donors (Lipinski definition) is 0. The standard InChI is InChI=1S/C10H7NOS/c1-7-3-2-4-9-8(7)5-10(13-9)11-6-12/h2-5H,1H3. The van der Waals surface area contributed by atoms with E-state index in [4.69, 9.17) is 0 Å². The van der Waals surface area contributed by atoms with Gasteiger partial charge in [0, 0.05) is 4.70 Å². The first kappa shape index (κ1) is 8.17. The Morgan fingerprint density at radius 1 is 1.46 bits per heavy atom. The van der Waals surface area contributed by atoms with Gasteiger partial charge in [-0.25, -0.2) is 4.79 Å². The molecule has 0 bridgehead atoms. The maximum Gasteiger partial charge on any atom is 0.241 e. The quantitative estimate of drug-likeness (QED) is 0.500. The molecular weight excluding hydrogens is 182 g/mol. The van der Waals surface area contributed by atoms with Crippen LogP contribution in [-0.2, 0) is 4.79 Å². The monoisotopic (exact) mass is 189 g/mol. The maximum absolute atomic E-state index is 10.1. The van der Waals surface area contributed by atoms with E-state index in [0.29, 0.717) is 0 Å². The average molecular weight is 189 g/mol. The highest BCUT2D eigenvalue weighted by atomic mass is 32.1. The topological polar surface area (TPSA) is 29.4 Å². The third kappa shape index (κ3) is 1.39. The molecule has 0 N–H and O–H groups in total. The summed E-state index contributed by atoms with van der Waals surface area (Å²) in [5.41, 5.74) is 1.21. The molecule has 2 rings (SSSR count). The van der Waals surface area contributed by atoms with E-state index in [-0.39, 0.29) is 0 Å². The predicted molar refractivity (Wildman–Crippen MR) is 54.3 cm³/mol. The van der Waals surface area contributed by atoms with Crippen LogP contribution in [0.15, 0.2) is 29.3 Å². The smallest absolute Gasteiger partial charge is 0.211 e. The Bertz CT molecular complexity index is 495. The molecule has 0 fully saturated rings. The van der Waals surface area contributed by atoms with Crippen LogP contribution in [0, 0.1) is 6.92 Å². The number of thiophene rings is 1. The zero-order valence-corrected chi connectivity index (χ0v) is 7.89. The molecule has 0 saturated heterocycles. The number of fused-ring (bicyclic) bond motifs is 1. The lowest BCUT2D eigenvalue weighted by Crippen LogP contribution is -1.68. The molecule has 0 unspecified atom stereocenters. The van der Waals surface area contributed by atoms with Crippen LogP contribution < -0.4 is 0 Å². The van der Waals surface area contributed by atoms with Gasteiger partial charge in [0.15, 0.2) is 0 Å². The highest BCUT2D eigenvalue weighted by Crippen LogP contribution is 2.33. The van der Waals surface area contributed by atoms with E-state index in [0.717, 1.165) is 9.70 Å². The second-order valence-electron chi connectivity index (χ2n) is 2.77. The Hall–Kier alpha value is -1.44. The third-order valence-electron chi connectivity index (χ3n) is 1.92. The van der Waals surface area contributed by atoms with Crippen molar-refractivity contribution in [2.75, 3.05) is 0 Å². The van der Waals surface area contributed by atoms with Crippen LogP contribution in [0.3, 0.4) is 0 Å². The van der Waals surface area contributed by atoms with E-state index in [1.54, 1.807) is 6.08 Å². The number of benzene rings is 1. The molecular formula is C10H7NOS. The Labute approximate surface area is 79.5 Å². The fourth-order valence-corrected chi connectivity index (χ4v) is 2.25. The lowest BCUT2D eigenvalue weighted by Gasteiger charge is -1.91. The summed E-state index contributed by atoms with van der Waals surface area (Å²) in [6.07, 6.45) is 1.55. The molecule has 2 aromatic rings. The fourth-order valence-electron chi connectivity index (χ4n) is 1.29. The van der Waals surface area contributed by atoms with Crippen molar-refractivity contribution in [3.05, 3.63) is 29.8 Å². The highest BCUT2D eigenvalue weighted by molar-refractivity contribution is 7.22. The van der Waals surface area contributed by atoms with E-state index < -0.39 is 0 Å². The van der Waals surface area contributed by atoms with Gasteiger partial charge < -0.3 is 0 Å². The average Bonchev–Trinajstić information content (AvgIpc) is 2.49. The molecule has 2 nitrogen and oxygen atoms in total. The van der Waals surface area contributed by atoms with Crippen molar-refractivity contribution in [2.45, 2.75) is 6.92 Å². The van der Waals surface area contributed by atoms with Crippen molar-refractivity contribution in [2.24, 2.45) is 4.99 Å². The molecule has 0 spiro atoms. The minimum Gasteiger partial charge on any atom is -0.211 e. The molecule has 0 saturated carbocycles. The van der Waals surface area contributed by atoms with E-state index in [2.05, 4.69) is 4.99 Å². The van der Waals surface area contributed by atoms with Crippen LogP contribution in [0.1, 0.15) is 5.56 Å².